The van der Waals surface area contributed by atoms with E-state index in [1.807, 2.05) is 20.8 Å². The van der Waals surface area contributed by atoms with E-state index in [2.05, 4.69) is 14.9 Å². The summed E-state index contributed by atoms with van der Waals surface area (Å²) >= 11 is 0. The molecule has 0 spiro atoms. The number of anilines is 1. The van der Waals surface area contributed by atoms with Crippen LogP contribution in [-0.2, 0) is 0 Å². The van der Waals surface area contributed by atoms with E-state index in [1.165, 1.54) is 0 Å². The maximum absolute atomic E-state index is 11.6. The lowest BCUT2D eigenvalue weighted by Crippen LogP contribution is -2.30. The van der Waals surface area contributed by atoms with Crippen molar-refractivity contribution in [3.8, 4) is 0 Å². The molecule has 0 bridgehead atoms. The average molecular weight is 250 g/mol. The molecule has 3 N–H and O–H groups in total. The third-order valence-corrected chi connectivity index (χ3v) is 3.59. The van der Waals surface area contributed by atoms with Crippen molar-refractivity contribution in [3.63, 3.8) is 0 Å². The third kappa shape index (κ3) is 2.72. The van der Waals surface area contributed by atoms with Crippen molar-refractivity contribution in [2.45, 2.75) is 39.2 Å². The van der Waals surface area contributed by atoms with Crippen molar-refractivity contribution in [1.29, 1.82) is 0 Å². The van der Waals surface area contributed by atoms with Gasteiger partial charge >= 0.3 is 0 Å². The van der Waals surface area contributed by atoms with Gasteiger partial charge in [0.15, 0.2) is 0 Å². The average Bonchev–Trinajstić information content (AvgIpc) is 2.77. The van der Waals surface area contributed by atoms with Crippen molar-refractivity contribution >= 4 is 5.82 Å². The maximum Gasteiger partial charge on any atom is 0.252 e. The second-order valence-electron chi connectivity index (χ2n) is 5.50. The molecule has 2 rings (SSSR count). The highest BCUT2D eigenvalue weighted by Crippen LogP contribution is 2.23. The minimum Gasteiger partial charge on any atom is -0.356 e. The van der Waals surface area contributed by atoms with E-state index < -0.39 is 0 Å². The number of nitrogens with two attached hydrogens (primary N) is 1. The van der Waals surface area contributed by atoms with Crippen LogP contribution in [0.5, 0.6) is 0 Å². The smallest absolute Gasteiger partial charge is 0.252 e. The van der Waals surface area contributed by atoms with Crippen molar-refractivity contribution in [3.05, 3.63) is 22.2 Å². The largest absolute Gasteiger partial charge is 0.356 e. The van der Waals surface area contributed by atoms with E-state index in [0.717, 1.165) is 31.2 Å². The fourth-order valence-corrected chi connectivity index (χ4v) is 2.32. The first kappa shape index (κ1) is 13.1. The Hall–Kier alpha value is -1.36. The van der Waals surface area contributed by atoms with E-state index in [-0.39, 0.29) is 17.5 Å². The second kappa shape index (κ2) is 5.10. The predicted octanol–water partition coefficient (Wildman–Crippen LogP) is 1.07. The molecule has 1 saturated heterocycles. The summed E-state index contributed by atoms with van der Waals surface area (Å²) in [6, 6.07) is 1.77. The van der Waals surface area contributed by atoms with E-state index in [0.29, 0.717) is 5.92 Å². The van der Waals surface area contributed by atoms with E-state index in [9.17, 15) is 4.79 Å². The lowest BCUT2D eigenvalue weighted by atomic mass is 10.0. The first-order valence-corrected chi connectivity index (χ1v) is 6.59. The van der Waals surface area contributed by atoms with Gasteiger partial charge in [-0.25, -0.2) is 4.98 Å². The molecule has 2 atom stereocenters. The van der Waals surface area contributed by atoms with Gasteiger partial charge in [-0.2, -0.15) is 0 Å². The Bertz CT molecular complexity index is 466. The van der Waals surface area contributed by atoms with Crippen LogP contribution >= 0.6 is 0 Å². The molecule has 1 aromatic rings. The topological polar surface area (TPSA) is 75.0 Å². The molecular weight excluding hydrogens is 228 g/mol. The lowest BCUT2D eigenvalue weighted by Gasteiger charge is -2.19. The van der Waals surface area contributed by atoms with Crippen LogP contribution in [0.1, 0.15) is 38.9 Å². The van der Waals surface area contributed by atoms with Crippen LogP contribution in [0.15, 0.2) is 10.9 Å². The van der Waals surface area contributed by atoms with Crippen LogP contribution in [0.3, 0.4) is 0 Å². The van der Waals surface area contributed by atoms with Crippen molar-refractivity contribution in [2.24, 2.45) is 11.7 Å². The predicted molar refractivity (Wildman–Crippen MR) is 72.9 cm³/mol. The number of rotatable bonds is 3. The zero-order valence-electron chi connectivity index (χ0n) is 11.3. The molecule has 1 aliphatic rings. The molecular formula is C13H22N4O. The Kier molecular flexibility index (Phi) is 3.71. The van der Waals surface area contributed by atoms with Gasteiger partial charge in [0, 0.05) is 31.1 Å². The Morgan fingerprint density at radius 3 is 2.78 bits per heavy atom. The number of aromatic nitrogens is 2. The van der Waals surface area contributed by atoms with Gasteiger partial charge in [0.1, 0.15) is 11.6 Å². The van der Waals surface area contributed by atoms with E-state index in [1.54, 1.807) is 6.07 Å². The molecule has 1 aromatic heterocycles. The lowest BCUT2D eigenvalue weighted by molar-refractivity contribution is 0.488. The van der Waals surface area contributed by atoms with Crippen LogP contribution in [-0.4, -0.2) is 29.1 Å². The molecule has 0 aliphatic carbocycles. The minimum atomic E-state index is -0.0760. The minimum absolute atomic E-state index is 0.0760. The molecule has 1 fully saturated rings. The fourth-order valence-electron chi connectivity index (χ4n) is 2.32. The van der Waals surface area contributed by atoms with Crippen LogP contribution in [0.25, 0.3) is 0 Å². The van der Waals surface area contributed by atoms with Crippen LogP contribution in [0.4, 0.5) is 5.82 Å². The molecule has 18 heavy (non-hydrogen) atoms. The van der Waals surface area contributed by atoms with Crippen molar-refractivity contribution in [2.75, 3.05) is 18.0 Å². The van der Waals surface area contributed by atoms with Crippen LogP contribution in [0.2, 0.25) is 0 Å². The first-order chi connectivity index (χ1) is 8.47. The summed E-state index contributed by atoms with van der Waals surface area (Å²) in [6.07, 6.45) is 1.07. The number of nitrogens with one attached hydrogen (secondary N) is 1. The Morgan fingerprint density at radius 1 is 1.50 bits per heavy atom. The maximum atomic E-state index is 11.6. The summed E-state index contributed by atoms with van der Waals surface area (Å²) in [7, 11) is 0. The molecule has 0 aromatic carbocycles. The molecule has 0 amide bonds. The van der Waals surface area contributed by atoms with Crippen molar-refractivity contribution in [1.82, 2.24) is 9.97 Å². The number of hydrogen-bond acceptors (Lipinski definition) is 4. The normalized spacial score (nSPS) is 21.6. The number of aromatic amines is 1. The molecule has 2 heterocycles. The van der Waals surface area contributed by atoms with Gasteiger partial charge in [-0.1, -0.05) is 13.8 Å². The third-order valence-electron chi connectivity index (χ3n) is 3.59. The van der Waals surface area contributed by atoms with Gasteiger partial charge < -0.3 is 15.6 Å². The van der Waals surface area contributed by atoms with Gasteiger partial charge in [-0.3, -0.25) is 4.79 Å². The monoisotopic (exact) mass is 250 g/mol. The van der Waals surface area contributed by atoms with E-state index >= 15 is 0 Å². The molecule has 5 heteroatoms. The zero-order valence-corrected chi connectivity index (χ0v) is 11.3. The summed E-state index contributed by atoms with van der Waals surface area (Å²) < 4.78 is 0. The molecule has 1 aliphatic heterocycles. The SMILES string of the molecule is CC(C)c1nc(N2CCC(C(C)N)C2)cc(=O)[nH]1. The standard InChI is InChI=1S/C13H22N4O/c1-8(2)13-15-11(6-12(18)16-13)17-5-4-10(7-17)9(3)14/h6,8-10H,4-5,7,14H2,1-3H3,(H,15,16,18). The highest BCUT2D eigenvalue weighted by Gasteiger charge is 2.26. The van der Waals surface area contributed by atoms with Gasteiger partial charge in [0.25, 0.3) is 5.56 Å². The quantitative estimate of drug-likeness (QED) is 0.841. The van der Waals surface area contributed by atoms with Crippen LogP contribution in [0, 0.1) is 5.92 Å². The fraction of sp³-hybridized carbons (Fsp3) is 0.692. The summed E-state index contributed by atoms with van der Waals surface area (Å²) in [5.74, 6) is 2.26. The Balaban J connectivity index is 2.22. The van der Waals surface area contributed by atoms with Gasteiger partial charge in [0.2, 0.25) is 0 Å². The summed E-state index contributed by atoms with van der Waals surface area (Å²) in [4.78, 5) is 21.1. The Morgan fingerprint density at radius 2 is 2.22 bits per heavy atom. The van der Waals surface area contributed by atoms with Crippen LogP contribution < -0.4 is 16.2 Å². The van der Waals surface area contributed by atoms with Gasteiger partial charge in [0.05, 0.1) is 0 Å². The molecule has 0 saturated carbocycles. The summed E-state index contributed by atoms with van der Waals surface area (Å²) in [5.41, 5.74) is 5.86. The second-order valence-corrected chi connectivity index (χ2v) is 5.50. The number of H-pyrrole nitrogens is 1. The highest BCUT2D eigenvalue weighted by atomic mass is 16.1. The van der Waals surface area contributed by atoms with Crippen molar-refractivity contribution < 1.29 is 0 Å². The molecule has 0 radical (unpaired) electrons. The number of nitrogens with zero attached hydrogens (tertiary/aromatic N) is 2. The van der Waals surface area contributed by atoms with Gasteiger partial charge in [-0.05, 0) is 19.3 Å². The van der Waals surface area contributed by atoms with E-state index in [4.69, 9.17) is 5.73 Å². The molecule has 2 unspecified atom stereocenters. The summed E-state index contributed by atoms with van der Waals surface area (Å²) in [6.45, 7) is 7.92. The highest BCUT2D eigenvalue weighted by molar-refractivity contribution is 5.39. The molecule has 100 valence electrons. The Labute approximate surface area is 107 Å². The number of hydrogen-bond donors (Lipinski definition) is 2. The zero-order chi connectivity index (χ0) is 13.3. The molecule has 5 nitrogen and oxygen atoms in total. The summed E-state index contributed by atoms with van der Waals surface area (Å²) in [5, 5.41) is 0. The van der Waals surface area contributed by atoms with Gasteiger partial charge in [-0.15, -0.1) is 0 Å². The first-order valence-electron chi connectivity index (χ1n) is 6.59.